The van der Waals surface area contributed by atoms with Crippen molar-refractivity contribution in [3.63, 3.8) is 0 Å². The molecular weight excluding hydrogens is 450 g/mol. The molecule has 2 rings (SSSR count). The van der Waals surface area contributed by atoms with Crippen LogP contribution in [-0.2, 0) is 33.3 Å². The molecular formula is C17H19N5O9S. The summed E-state index contributed by atoms with van der Waals surface area (Å²) in [6.45, 7) is 3.05. The zero-order valence-corrected chi connectivity index (χ0v) is 18.0. The molecule has 1 aliphatic heterocycles. The lowest BCUT2D eigenvalue weighted by Gasteiger charge is -2.43. The molecule has 172 valence electrons. The number of hydrogen-bond donors (Lipinski definition) is 0. The highest BCUT2D eigenvalue weighted by Crippen LogP contribution is 2.38. The van der Waals surface area contributed by atoms with Gasteiger partial charge in [-0.3, -0.25) is 14.4 Å². The molecule has 0 radical (unpaired) electrons. The Morgan fingerprint density at radius 3 is 2.47 bits per heavy atom. The first-order chi connectivity index (χ1) is 15.1. The molecule has 0 bridgehead atoms. The monoisotopic (exact) mass is 469 g/mol. The predicted molar refractivity (Wildman–Crippen MR) is 106 cm³/mol. The maximum atomic E-state index is 11.7. The van der Waals surface area contributed by atoms with Gasteiger partial charge in [0.1, 0.15) is 42.6 Å². The molecule has 0 amide bonds. The van der Waals surface area contributed by atoms with Gasteiger partial charge in [-0.2, -0.15) is 0 Å². The summed E-state index contributed by atoms with van der Waals surface area (Å²) >= 11 is 0.927. The Morgan fingerprint density at radius 2 is 1.91 bits per heavy atom. The number of carbonyl (C=O) groups is 3. The van der Waals surface area contributed by atoms with E-state index in [1.807, 2.05) is 0 Å². The van der Waals surface area contributed by atoms with Gasteiger partial charge in [-0.1, -0.05) is 16.9 Å². The van der Waals surface area contributed by atoms with Gasteiger partial charge in [0.05, 0.1) is 0 Å². The van der Waals surface area contributed by atoms with E-state index in [0.29, 0.717) is 4.90 Å². The molecule has 14 nitrogen and oxygen atoms in total. The third-order valence-corrected chi connectivity index (χ3v) is 5.15. The maximum Gasteiger partial charge on any atom is 0.364 e. The molecule has 1 aliphatic rings. The van der Waals surface area contributed by atoms with Crippen LogP contribution in [0.1, 0.15) is 20.8 Å². The second-order valence-electron chi connectivity index (χ2n) is 6.41. The summed E-state index contributed by atoms with van der Waals surface area (Å²) in [6.07, 6.45) is -2.35. The summed E-state index contributed by atoms with van der Waals surface area (Å²) < 4.78 is 21.4. The van der Waals surface area contributed by atoms with Crippen LogP contribution in [-0.4, -0.2) is 64.2 Å². The highest BCUT2D eigenvalue weighted by molar-refractivity contribution is 7.99. The number of thioether (sulfide) groups is 1. The Labute approximate surface area is 185 Å². The smallest absolute Gasteiger partial charge is 0.364 e. The van der Waals surface area contributed by atoms with E-state index < -0.39 is 58.4 Å². The van der Waals surface area contributed by atoms with E-state index in [1.165, 1.54) is 25.3 Å². The van der Waals surface area contributed by atoms with E-state index >= 15 is 0 Å². The number of esters is 3. The number of rotatable bonds is 8. The molecule has 1 aromatic heterocycles. The standard InChI is InChI=1S/C17H19N5O9S/c1-8(23)28-7-12-15(29-9(2)24)14(20-21-18)16(30-10(3)25)17(31-12)32-11-4-5-19-13(6-11)22(26)27/h4-6,12,14-17H,7H2,1-3H3/t12?,14?,15-,16-,17+/m0/s1. The third kappa shape index (κ3) is 6.80. The number of azide groups is 1. The summed E-state index contributed by atoms with van der Waals surface area (Å²) in [5.41, 5.74) is 8.00. The first-order valence-corrected chi connectivity index (χ1v) is 9.95. The molecule has 0 spiro atoms. The number of aromatic nitrogens is 1. The van der Waals surface area contributed by atoms with Crippen molar-refractivity contribution >= 4 is 35.5 Å². The van der Waals surface area contributed by atoms with Crippen molar-refractivity contribution in [2.24, 2.45) is 5.11 Å². The second-order valence-corrected chi connectivity index (χ2v) is 7.59. The van der Waals surface area contributed by atoms with Crippen molar-refractivity contribution < 1.29 is 38.3 Å². The normalized spacial score (nSPS) is 24.5. The molecule has 15 heteroatoms. The highest BCUT2D eigenvalue weighted by atomic mass is 32.2. The molecule has 2 unspecified atom stereocenters. The average molecular weight is 469 g/mol. The van der Waals surface area contributed by atoms with Gasteiger partial charge < -0.3 is 29.1 Å². The molecule has 0 aliphatic carbocycles. The Kier molecular flexibility index (Phi) is 8.75. The highest BCUT2D eigenvalue weighted by Gasteiger charge is 2.50. The molecule has 0 aromatic carbocycles. The maximum absolute atomic E-state index is 11.7. The molecule has 1 aromatic rings. The van der Waals surface area contributed by atoms with Gasteiger partial charge in [0, 0.05) is 36.6 Å². The quantitative estimate of drug-likeness (QED) is 0.103. The fraction of sp³-hybridized carbons (Fsp3) is 0.529. The Bertz CT molecular complexity index is 939. The molecule has 1 saturated heterocycles. The van der Waals surface area contributed by atoms with E-state index in [-0.39, 0.29) is 6.61 Å². The number of hydrogen-bond acceptors (Lipinski definition) is 12. The largest absolute Gasteiger partial charge is 0.463 e. The number of carbonyl (C=O) groups excluding carboxylic acids is 3. The Morgan fingerprint density at radius 1 is 1.25 bits per heavy atom. The fourth-order valence-corrected chi connectivity index (χ4v) is 4.01. The van der Waals surface area contributed by atoms with Crippen LogP contribution in [0.15, 0.2) is 28.3 Å². The number of pyridine rings is 1. The average Bonchev–Trinajstić information content (AvgIpc) is 2.70. The zero-order chi connectivity index (χ0) is 23.8. The van der Waals surface area contributed by atoms with Gasteiger partial charge in [-0.05, 0) is 21.5 Å². The van der Waals surface area contributed by atoms with Crippen molar-refractivity contribution in [1.82, 2.24) is 4.98 Å². The molecule has 32 heavy (non-hydrogen) atoms. The lowest BCUT2D eigenvalue weighted by atomic mass is 9.97. The molecule has 1 fully saturated rings. The van der Waals surface area contributed by atoms with Crippen molar-refractivity contribution in [2.75, 3.05) is 6.61 Å². The van der Waals surface area contributed by atoms with Crippen LogP contribution in [0.4, 0.5) is 5.82 Å². The van der Waals surface area contributed by atoms with Gasteiger partial charge >= 0.3 is 23.7 Å². The van der Waals surface area contributed by atoms with Gasteiger partial charge in [0.2, 0.25) is 0 Å². The first kappa shape index (κ1) is 24.8. The molecule has 5 atom stereocenters. The zero-order valence-electron chi connectivity index (χ0n) is 17.1. The Balaban J connectivity index is 2.46. The summed E-state index contributed by atoms with van der Waals surface area (Å²) in [4.78, 5) is 51.7. The minimum Gasteiger partial charge on any atom is -0.463 e. The minimum absolute atomic E-state index is 0.339. The van der Waals surface area contributed by atoms with Crippen LogP contribution < -0.4 is 0 Å². The van der Waals surface area contributed by atoms with E-state index in [1.54, 1.807) is 0 Å². The van der Waals surface area contributed by atoms with E-state index in [0.717, 1.165) is 25.6 Å². The van der Waals surface area contributed by atoms with Crippen LogP contribution in [0.3, 0.4) is 0 Å². The summed E-state index contributed by atoms with van der Waals surface area (Å²) in [7, 11) is 0. The van der Waals surface area contributed by atoms with Crippen molar-refractivity contribution in [2.45, 2.75) is 55.5 Å². The van der Waals surface area contributed by atoms with E-state index in [2.05, 4.69) is 15.0 Å². The summed E-state index contributed by atoms with van der Waals surface area (Å²) in [6, 6.07) is 1.41. The summed E-state index contributed by atoms with van der Waals surface area (Å²) in [5, 5.41) is 14.7. The molecule has 0 saturated carbocycles. The van der Waals surface area contributed by atoms with Gasteiger partial charge in [-0.15, -0.1) is 0 Å². The van der Waals surface area contributed by atoms with Crippen LogP contribution in [0.2, 0.25) is 0 Å². The number of nitro groups is 1. The molecule has 2 heterocycles. The van der Waals surface area contributed by atoms with Gasteiger partial charge in [-0.25, -0.2) is 0 Å². The number of nitrogens with zero attached hydrogens (tertiary/aromatic N) is 5. The van der Waals surface area contributed by atoms with Crippen molar-refractivity contribution in [3.05, 3.63) is 38.9 Å². The van der Waals surface area contributed by atoms with Crippen LogP contribution in [0.5, 0.6) is 0 Å². The van der Waals surface area contributed by atoms with E-state index in [9.17, 15) is 24.5 Å². The van der Waals surface area contributed by atoms with E-state index in [4.69, 9.17) is 24.5 Å². The fourth-order valence-electron chi connectivity index (χ4n) is 2.88. The second kappa shape index (κ2) is 11.3. The van der Waals surface area contributed by atoms with Crippen molar-refractivity contribution in [3.8, 4) is 0 Å². The van der Waals surface area contributed by atoms with Gasteiger partial charge in [0.25, 0.3) is 0 Å². The minimum atomic E-state index is -1.24. The Hall–Kier alpha value is -3.42. The van der Waals surface area contributed by atoms with Crippen molar-refractivity contribution in [1.29, 1.82) is 0 Å². The van der Waals surface area contributed by atoms with Gasteiger partial charge in [0.15, 0.2) is 0 Å². The predicted octanol–water partition coefficient (Wildman–Crippen LogP) is 1.91. The van der Waals surface area contributed by atoms with Crippen LogP contribution in [0, 0.1) is 10.1 Å². The topological polar surface area (TPSA) is 193 Å². The summed E-state index contributed by atoms with van der Waals surface area (Å²) in [5.74, 6) is -2.52. The molecule has 0 N–H and O–H groups in total. The lowest BCUT2D eigenvalue weighted by Crippen LogP contribution is -2.59. The lowest BCUT2D eigenvalue weighted by molar-refractivity contribution is -0.389. The third-order valence-electron chi connectivity index (χ3n) is 4.01. The van der Waals surface area contributed by atoms with Crippen LogP contribution >= 0.6 is 11.8 Å². The number of ether oxygens (including phenoxy) is 4. The first-order valence-electron chi connectivity index (χ1n) is 9.07. The SMILES string of the molecule is CC(=O)OCC1O[C@H](Sc2ccnc([N+](=O)[O-])c2)[C@@H](OC(C)=O)C(N=[N+]=[N-])[C@H]1OC(C)=O. The van der Waals surface area contributed by atoms with Crippen LogP contribution in [0.25, 0.3) is 10.4 Å².